The summed E-state index contributed by atoms with van der Waals surface area (Å²) >= 11 is 0. The topological polar surface area (TPSA) is 62.6 Å². The van der Waals surface area contributed by atoms with Gasteiger partial charge in [-0.1, -0.05) is 0 Å². The van der Waals surface area contributed by atoms with Gasteiger partial charge in [-0.15, -0.1) is 0 Å². The first-order valence-corrected chi connectivity index (χ1v) is 7.69. The van der Waals surface area contributed by atoms with E-state index in [1.165, 1.54) is 0 Å². The van der Waals surface area contributed by atoms with E-state index in [2.05, 4.69) is 0 Å². The Hall–Kier alpha value is -2.36. The maximum absolute atomic E-state index is 13.5. The van der Waals surface area contributed by atoms with Gasteiger partial charge in [0, 0.05) is 31.1 Å². The van der Waals surface area contributed by atoms with E-state index in [1.807, 2.05) is 0 Å². The van der Waals surface area contributed by atoms with Crippen LogP contribution in [0.4, 0.5) is 13.6 Å². The summed E-state index contributed by atoms with van der Waals surface area (Å²) in [7, 11) is 0. The Morgan fingerprint density at radius 2 is 2.12 bits per heavy atom. The van der Waals surface area contributed by atoms with Gasteiger partial charge >= 0.3 is 6.09 Å². The first-order chi connectivity index (χ1) is 11.2. The number of hydrogen-bond donors (Lipinski definition) is 0. The number of ether oxygens (including phenoxy) is 2. The Kier molecular flexibility index (Phi) is 5.27. The van der Waals surface area contributed by atoms with Crippen molar-refractivity contribution in [2.75, 3.05) is 19.7 Å². The molecule has 0 bridgehead atoms. The van der Waals surface area contributed by atoms with E-state index < -0.39 is 17.2 Å². The zero-order valence-electron chi connectivity index (χ0n) is 13.9. The van der Waals surface area contributed by atoms with Crippen LogP contribution in [0.3, 0.4) is 0 Å². The number of nitrogens with zero attached hydrogens (tertiary/aromatic N) is 2. The number of hydrogen-bond acceptors (Lipinski definition) is 4. The van der Waals surface area contributed by atoms with Crippen LogP contribution in [0.25, 0.3) is 0 Å². The van der Waals surface area contributed by atoms with Crippen molar-refractivity contribution in [2.24, 2.45) is 5.92 Å². The summed E-state index contributed by atoms with van der Waals surface area (Å²) in [5, 5.41) is 8.94. The molecule has 1 aromatic rings. The van der Waals surface area contributed by atoms with E-state index >= 15 is 0 Å². The van der Waals surface area contributed by atoms with Crippen molar-refractivity contribution in [3.05, 3.63) is 29.3 Å². The molecule has 0 radical (unpaired) electrons. The van der Waals surface area contributed by atoms with Gasteiger partial charge in [0.25, 0.3) is 0 Å². The summed E-state index contributed by atoms with van der Waals surface area (Å²) in [5.41, 5.74) is -0.884. The smallest absolute Gasteiger partial charge is 0.410 e. The predicted molar refractivity (Wildman–Crippen MR) is 82.5 cm³/mol. The molecule has 1 aromatic carbocycles. The van der Waals surface area contributed by atoms with E-state index in [4.69, 9.17) is 14.7 Å². The highest BCUT2D eigenvalue weighted by atomic mass is 19.1. The minimum Gasteiger partial charge on any atom is -0.492 e. The van der Waals surface area contributed by atoms with Crippen molar-refractivity contribution in [1.82, 2.24) is 4.90 Å². The number of benzene rings is 1. The third kappa shape index (κ3) is 4.57. The van der Waals surface area contributed by atoms with Gasteiger partial charge in [-0.2, -0.15) is 5.26 Å². The molecule has 1 heterocycles. The van der Waals surface area contributed by atoms with Crippen LogP contribution in [0.2, 0.25) is 0 Å². The lowest BCUT2D eigenvalue weighted by molar-refractivity contribution is 0.0285. The van der Waals surface area contributed by atoms with Gasteiger partial charge in [0.1, 0.15) is 34.6 Å². The van der Waals surface area contributed by atoms with Crippen LogP contribution in [0.1, 0.15) is 32.8 Å². The van der Waals surface area contributed by atoms with Crippen LogP contribution < -0.4 is 4.74 Å². The quantitative estimate of drug-likeness (QED) is 0.846. The van der Waals surface area contributed by atoms with E-state index in [1.54, 1.807) is 31.7 Å². The maximum atomic E-state index is 13.5. The van der Waals surface area contributed by atoms with Gasteiger partial charge in [-0.05, 0) is 27.2 Å². The van der Waals surface area contributed by atoms with E-state index in [9.17, 15) is 13.6 Å². The molecule has 0 aliphatic carbocycles. The molecule has 2 rings (SSSR count). The summed E-state index contributed by atoms with van der Waals surface area (Å²) in [6, 6.07) is 3.30. The van der Waals surface area contributed by atoms with Gasteiger partial charge in [-0.25, -0.2) is 13.6 Å². The monoisotopic (exact) mass is 338 g/mol. The van der Waals surface area contributed by atoms with Crippen molar-refractivity contribution < 1.29 is 23.0 Å². The van der Waals surface area contributed by atoms with Gasteiger partial charge < -0.3 is 14.4 Å². The molecule has 1 aliphatic rings. The van der Waals surface area contributed by atoms with Crippen molar-refractivity contribution in [1.29, 1.82) is 5.26 Å². The largest absolute Gasteiger partial charge is 0.492 e. The zero-order valence-corrected chi connectivity index (χ0v) is 13.9. The van der Waals surface area contributed by atoms with Gasteiger partial charge in [0.05, 0.1) is 6.61 Å². The second kappa shape index (κ2) is 7.04. The molecule has 1 saturated heterocycles. The van der Waals surface area contributed by atoms with Crippen LogP contribution >= 0.6 is 0 Å². The molecule has 130 valence electrons. The lowest BCUT2D eigenvalue weighted by atomic mass is 10.1. The predicted octanol–water partition coefficient (Wildman–Crippen LogP) is 3.47. The average Bonchev–Trinajstić information content (AvgIpc) is 2.91. The first-order valence-electron chi connectivity index (χ1n) is 7.69. The minimum atomic E-state index is -0.950. The molecule has 24 heavy (non-hydrogen) atoms. The first kappa shape index (κ1) is 18.0. The molecular formula is C17H20F2N2O3. The Morgan fingerprint density at radius 3 is 2.75 bits per heavy atom. The van der Waals surface area contributed by atoms with Crippen LogP contribution in [-0.4, -0.2) is 36.3 Å². The van der Waals surface area contributed by atoms with Crippen molar-refractivity contribution in [2.45, 2.75) is 32.8 Å². The molecule has 1 amide bonds. The van der Waals surface area contributed by atoms with Gasteiger partial charge in [0.15, 0.2) is 0 Å². The van der Waals surface area contributed by atoms with Crippen LogP contribution in [-0.2, 0) is 4.74 Å². The molecule has 1 fully saturated rings. The third-order valence-corrected chi connectivity index (χ3v) is 3.54. The normalized spacial score (nSPS) is 17.5. The van der Waals surface area contributed by atoms with Gasteiger partial charge in [-0.3, -0.25) is 0 Å². The lowest BCUT2D eigenvalue weighted by Gasteiger charge is -2.24. The number of nitriles is 1. The Balaban J connectivity index is 1.93. The molecular weight excluding hydrogens is 318 g/mol. The summed E-state index contributed by atoms with van der Waals surface area (Å²) in [6.07, 6.45) is 0.304. The molecule has 1 aliphatic heterocycles. The minimum absolute atomic E-state index is 0.00962. The molecule has 5 nitrogen and oxygen atoms in total. The molecule has 0 aromatic heterocycles. The fraction of sp³-hybridized carbons (Fsp3) is 0.529. The Bertz CT molecular complexity index is 665. The number of likely N-dealkylation sites (tertiary alicyclic amines) is 1. The highest BCUT2D eigenvalue weighted by molar-refractivity contribution is 5.68. The molecule has 7 heteroatoms. The zero-order chi connectivity index (χ0) is 17.9. The SMILES string of the molecule is CC(C)(C)OC(=O)N1CCC(COc2cc(F)cc(F)c2C#N)C1. The molecule has 0 spiro atoms. The third-order valence-electron chi connectivity index (χ3n) is 3.54. The van der Waals surface area contributed by atoms with Gasteiger partial charge in [0.2, 0.25) is 0 Å². The summed E-state index contributed by atoms with van der Waals surface area (Å²) in [4.78, 5) is 13.6. The molecule has 1 unspecified atom stereocenters. The number of amides is 1. The summed E-state index contributed by atoms with van der Waals surface area (Å²) in [5.74, 6) is -1.86. The number of carbonyl (C=O) groups is 1. The highest BCUT2D eigenvalue weighted by Gasteiger charge is 2.30. The van der Waals surface area contributed by atoms with E-state index in [0.717, 1.165) is 6.07 Å². The number of rotatable bonds is 3. The van der Waals surface area contributed by atoms with Crippen molar-refractivity contribution >= 4 is 6.09 Å². The van der Waals surface area contributed by atoms with E-state index in [-0.39, 0.29) is 29.9 Å². The maximum Gasteiger partial charge on any atom is 0.410 e. The van der Waals surface area contributed by atoms with Crippen molar-refractivity contribution in [3.63, 3.8) is 0 Å². The highest BCUT2D eigenvalue weighted by Crippen LogP contribution is 2.25. The molecule has 0 N–H and O–H groups in total. The van der Waals surface area contributed by atoms with E-state index in [0.29, 0.717) is 25.6 Å². The molecule has 1 atom stereocenters. The lowest BCUT2D eigenvalue weighted by Crippen LogP contribution is -2.35. The second-order valence-electron chi connectivity index (χ2n) is 6.76. The Morgan fingerprint density at radius 1 is 1.42 bits per heavy atom. The van der Waals surface area contributed by atoms with Crippen molar-refractivity contribution in [3.8, 4) is 11.8 Å². The molecule has 0 saturated carbocycles. The number of halogens is 2. The van der Waals surface area contributed by atoms with Crippen LogP contribution in [0, 0.1) is 28.9 Å². The summed E-state index contributed by atoms with van der Waals surface area (Å²) < 4.78 is 37.5. The standard InChI is InChI=1S/C17H20F2N2O3/c1-17(2,3)24-16(22)21-5-4-11(9-21)10-23-15-7-12(18)6-14(19)13(15)8-20/h6-7,11H,4-5,9-10H2,1-3H3. The number of carbonyl (C=O) groups excluding carboxylic acids is 1. The average molecular weight is 338 g/mol. The fourth-order valence-corrected chi connectivity index (χ4v) is 2.44. The van der Waals surface area contributed by atoms with Crippen LogP contribution in [0.5, 0.6) is 5.75 Å². The fourth-order valence-electron chi connectivity index (χ4n) is 2.44. The second-order valence-corrected chi connectivity index (χ2v) is 6.76. The van der Waals surface area contributed by atoms with Crippen LogP contribution in [0.15, 0.2) is 12.1 Å². The summed E-state index contributed by atoms with van der Waals surface area (Å²) in [6.45, 7) is 6.52. The Labute approximate surface area is 139 Å².